The summed E-state index contributed by atoms with van der Waals surface area (Å²) in [6.07, 6.45) is 0.302. The Bertz CT molecular complexity index is 912. The fourth-order valence-electron chi connectivity index (χ4n) is 4.02. The van der Waals surface area contributed by atoms with Crippen molar-refractivity contribution in [2.45, 2.75) is 77.4 Å². The number of ether oxygens (including phenoxy) is 3. The number of alkyl halides is 2. The molecule has 2 fully saturated rings. The second kappa shape index (κ2) is 15.3. The van der Waals surface area contributed by atoms with E-state index in [2.05, 4.69) is 26.0 Å². The lowest BCUT2D eigenvalue weighted by Crippen LogP contribution is -2.58. The van der Waals surface area contributed by atoms with E-state index < -0.39 is 66.5 Å². The number of carbonyl (C=O) groups excluding carboxylic acids is 5. The second-order valence-electron chi connectivity index (χ2n) is 10.6. The summed E-state index contributed by atoms with van der Waals surface area (Å²) in [7, 11) is 0. The summed E-state index contributed by atoms with van der Waals surface area (Å²) in [4.78, 5) is 65.4. The third kappa shape index (κ3) is 11.0. The molecule has 2 heterocycles. The third-order valence-corrected chi connectivity index (χ3v) is 6.45. The molecule has 2 aliphatic rings. The highest BCUT2D eigenvalue weighted by atomic mass is 19.3. The fraction of sp³-hybridized carbons (Fsp3) is 0.800. The summed E-state index contributed by atoms with van der Waals surface area (Å²) in [6.45, 7) is 6.47. The average molecular weight is 578 g/mol. The standard InChI is InChI=1S/C25H41F2N5O8/c1-14(2)10-17(30-19(33)11-32-6-8-38-9-7-32)22(36)29-16(4)21(35)31-18(12-39-24(26)27)23(37)28-15(3)20(34)25(5)13-40-25/h14-18,24H,6-13H2,1-5H3,(H,28,37)(H,29,36)(H,30,33)(H,31,35)/t15?,16?,17-,18-,25?/m0/s1. The molecule has 15 heteroatoms. The minimum absolute atomic E-state index is 0.0381. The number of Topliss-reactive ketones (excluding diaryl/α,β-unsaturated/α-hetero) is 1. The van der Waals surface area contributed by atoms with Gasteiger partial charge in [0.05, 0.1) is 39.0 Å². The molecule has 0 aromatic carbocycles. The van der Waals surface area contributed by atoms with E-state index in [0.717, 1.165) is 0 Å². The van der Waals surface area contributed by atoms with Crippen LogP contribution in [-0.2, 0) is 38.2 Å². The lowest BCUT2D eigenvalue weighted by molar-refractivity contribution is -0.148. The van der Waals surface area contributed by atoms with E-state index in [9.17, 15) is 32.8 Å². The number of carbonyl (C=O) groups is 5. The van der Waals surface area contributed by atoms with Crippen LogP contribution < -0.4 is 21.3 Å². The summed E-state index contributed by atoms with van der Waals surface area (Å²) in [6, 6.07) is -4.72. The van der Waals surface area contributed by atoms with Crippen LogP contribution in [0.5, 0.6) is 0 Å². The Morgan fingerprint density at radius 2 is 1.45 bits per heavy atom. The first-order valence-corrected chi connectivity index (χ1v) is 13.3. The molecule has 4 amide bonds. The van der Waals surface area contributed by atoms with Crippen molar-refractivity contribution in [3.63, 3.8) is 0 Å². The normalized spacial score (nSPS) is 22.1. The van der Waals surface area contributed by atoms with Gasteiger partial charge in [0.25, 0.3) is 0 Å². The van der Waals surface area contributed by atoms with E-state index in [1.807, 2.05) is 18.7 Å². The average Bonchev–Trinajstić information content (AvgIpc) is 3.63. The topological polar surface area (TPSA) is 168 Å². The van der Waals surface area contributed by atoms with Crippen molar-refractivity contribution in [2.24, 2.45) is 5.92 Å². The van der Waals surface area contributed by atoms with E-state index in [0.29, 0.717) is 32.7 Å². The summed E-state index contributed by atoms with van der Waals surface area (Å²) in [5.74, 6) is -3.12. The van der Waals surface area contributed by atoms with Gasteiger partial charge in [-0.05, 0) is 33.1 Å². The van der Waals surface area contributed by atoms with Crippen molar-refractivity contribution in [1.29, 1.82) is 0 Å². The van der Waals surface area contributed by atoms with Gasteiger partial charge in [-0.1, -0.05) is 13.8 Å². The Balaban J connectivity index is 1.97. The van der Waals surface area contributed by atoms with Gasteiger partial charge in [-0.25, -0.2) is 0 Å². The summed E-state index contributed by atoms with van der Waals surface area (Å²) in [5, 5.41) is 9.86. The Morgan fingerprint density at radius 1 is 0.875 bits per heavy atom. The van der Waals surface area contributed by atoms with Crippen molar-refractivity contribution in [3.8, 4) is 0 Å². The van der Waals surface area contributed by atoms with Crippen LogP contribution in [0, 0.1) is 5.92 Å². The predicted molar refractivity (Wildman–Crippen MR) is 137 cm³/mol. The molecule has 2 saturated heterocycles. The van der Waals surface area contributed by atoms with Crippen molar-refractivity contribution in [3.05, 3.63) is 0 Å². The van der Waals surface area contributed by atoms with Gasteiger partial charge in [0, 0.05) is 13.1 Å². The molecule has 5 atom stereocenters. The molecule has 0 bridgehead atoms. The number of amides is 4. The maximum Gasteiger partial charge on any atom is 0.345 e. The highest BCUT2D eigenvalue weighted by Crippen LogP contribution is 2.28. The van der Waals surface area contributed by atoms with Crippen LogP contribution in [0.25, 0.3) is 0 Å². The molecule has 4 N–H and O–H groups in total. The van der Waals surface area contributed by atoms with Gasteiger partial charge >= 0.3 is 6.61 Å². The van der Waals surface area contributed by atoms with E-state index in [1.165, 1.54) is 13.8 Å². The van der Waals surface area contributed by atoms with Gasteiger partial charge in [0.1, 0.15) is 23.7 Å². The number of ketones is 1. The number of nitrogens with zero attached hydrogens (tertiary/aromatic N) is 1. The van der Waals surface area contributed by atoms with Crippen LogP contribution in [-0.4, -0.2) is 117 Å². The lowest BCUT2D eigenvalue weighted by atomic mass is 10.0. The molecule has 0 aromatic heterocycles. The minimum Gasteiger partial charge on any atom is -0.379 e. The molecule has 0 aliphatic carbocycles. The van der Waals surface area contributed by atoms with Gasteiger partial charge in [-0.2, -0.15) is 8.78 Å². The fourth-order valence-corrected chi connectivity index (χ4v) is 4.02. The van der Waals surface area contributed by atoms with Crippen molar-refractivity contribution in [2.75, 3.05) is 46.1 Å². The number of nitrogens with one attached hydrogen (secondary N) is 4. The molecule has 3 unspecified atom stereocenters. The molecular weight excluding hydrogens is 536 g/mol. The van der Waals surface area contributed by atoms with Crippen molar-refractivity contribution < 1.29 is 47.0 Å². The number of halogens is 2. The van der Waals surface area contributed by atoms with E-state index in [-0.39, 0.29) is 25.0 Å². The number of rotatable bonds is 16. The molecule has 0 aromatic rings. The minimum atomic E-state index is -3.21. The number of epoxide rings is 1. The van der Waals surface area contributed by atoms with Gasteiger partial charge < -0.3 is 35.5 Å². The molecule has 40 heavy (non-hydrogen) atoms. The maximum atomic E-state index is 13.0. The van der Waals surface area contributed by atoms with Gasteiger partial charge in [-0.3, -0.25) is 28.9 Å². The highest BCUT2D eigenvalue weighted by molar-refractivity contribution is 5.98. The van der Waals surface area contributed by atoms with Crippen LogP contribution in [0.3, 0.4) is 0 Å². The van der Waals surface area contributed by atoms with Crippen LogP contribution in [0.2, 0.25) is 0 Å². The van der Waals surface area contributed by atoms with E-state index in [4.69, 9.17) is 9.47 Å². The molecule has 2 aliphatic heterocycles. The largest absolute Gasteiger partial charge is 0.379 e. The van der Waals surface area contributed by atoms with E-state index >= 15 is 0 Å². The maximum absolute atomic E-state index is 13.0. The number of hydrogen-bond donors (Lipinski definition) is 4. The Labute approximate surface area is 232 Å². The van der Waals surface area contributed by atoms with Crippen LogP contribution in [0.4, 0.5) is 8.78 Å². The molecule has 13 nitrogen and oxygen atoms in total. The first-order valence-electron chi connectivity index (χ1n) is 13.3. The molecule has 228 valence electrons. The quantitative estimate of drug-likeness (QED) is 0.167. The first-order chi connectivity index (χ1) is 18.7. The Morgan fingerprint density at radius 3 is 2.00 bits per heavy atom. The number of morpholine rings is 1. The zero-order valence-electron chi connectivity index (χ0n) is 23.6. The lowest BCUT2D eigenvalue weighted by Gasteiger charge is -2.28. The predicted octanol–water partition coefficient (Wildman–Crippen LogP) is -1.06. The van der Waals surface area contributed by atoms with Crippen molar-refractivity contribution in [1.82, 2.24) is 26.2 Å². The van der Waals surface area contributed by atoms with Crippen molar-refractivity contribution >= 4 is 29.4 Å². The van der Waals surface area contributed by atoms with Crippen LogP contribution in [0.1, 0.15) is 41.0 Å². The first kappa shape index (κ1) is 33.5. The zero-order chi connectivity index (χ0) is 30.0. The SMILES string of the molecule is CC(C)C[C@H](NC(=O)CN1CCOCC1)C(=O)NC(C)C(=O)N[C@@H](COC(F)F)C(=O)NC(C)C(=O)C1(C)CO1. The Hall–Kier alpha value is -2.75. The zero-order valence-corrected chi connectivity index (χ0v) is 23.6. The Kier molecular flexibility index (Phi) is 12.8. The highest BCUT2D eigenvalue weighted by Gasteiger charge is 2.49. The van der Waals surface area contributed by atoms with E-state index in [1.54, 1.807) is 6.92 Å². The van der Waals surface area contributed by atoms with Gasteiger partial charge in [-0.15, -0.1) is 0 Å². The smallest absolute Gasteiger partial charge is 0.345 e. The molecule has 2 rings (SSSR count). The third-order valence-electron chi connectivity index (χ3n) is 6.45. The second-order valence-corrected chi connectivity index (χ2v) is 10.6. The van der Waals surface area contributed by atoms with Crippen LogP contribution in [0.15, 0.2) is 0 Å². The van der Waals surface area contributed by atoms with Crippen LogP contribution >= 0.6 is 0 Å². The molecule has 0 radical (unpaired) electrons. The number of hydrogen-bond acceptors (Lipinski definition) is 9. The summed E-state index contributed by atoms with van der Waals surface area (Å²) < 4.78 is 39.9. The summed E-state index contributed by atoms with van der Waals surface area (Å²) in [5.41, 5.74) is -1.02. The summed E-state index contributed by atoms with van der Waals surface area (Å²) >= 11 is 0. The van der Waals surface area contributed by atoms with Gasteiger partial charge in [0.15, 0.2) is 5.78 Å². The molecular formula is C25H41F2N5O8. The monoisotopic (exact) mass is 577 g/mol. The van der Waals surface area contributed by atoms with Gasteiger partial charge in [0.2, 0.25) is 23.6 Å². The molecule has 0 saturated carbocycles. The molecule has 0 spiro atoms.